The zero-order valence-corrected chi connectivity index (χ0v) is 9.35. The van der Waals surface area contributed by atoms with Crippen molar-refractivity contribution in [3.05, 3.63) is 35.9 Å². The number of nitrogens with one attached hydrogen (secondary N) is 1. The van der Waals surface area contributed by atoms with E-state index in [2.05, 4.69) is 15.3 Å². The number of rotatable bonds is 4. The summed E-state index contributed by atoms with van der Waals surface area (Å²) in [4.78, 5) is 18.6. The van der Waals surface area contributed by atoms with Crippen molar-refractivity contribution < 1.29 is 9.18 Å². The van der Waals surface area contributed by atoms with Gasteiger partial charge in [-0.3, -0.25) is 4.79 Å². The van der Waals surface area contributed by atoms with Crippen molar-refractivity contribution in [3.8, 4) is 0 Å². The minimum atomic E-state index is -0.418. The summed E-state index contributed by atoms with van der Waals surface area (Å²) in [6.45, 7) is 0. The van der Waals surface area contributed by atoms with Crippen LogP contribution in [0.25, 0.3) is 0 Å². The fourth-order valence-corrected chi connectivity index (χ4v) is 0.986. The molecule has 0 aliphatic heterocycles. The lowest BCUT2D eigenvalue weighted by Crippen LogP contribution is -2.20. The predicted molar refractivity (Wildman–Crippen MR) is 63.3 cm³/mol. The first-order chi connectivity index (χ1) is 8.11. The zero-order valence-electron chi connectivity index (χ0n) is 9.35. The number of nitrogens with two attached hydrogens (primary N) is 1. The van der Waals surface area contributed by atoms with Crippen LogP contribution in [0.3, 0.4) is 0 Å². The predicted octanol–water partition coefficient (Wildman–Crippen LogP) is 0.902. The van der Waals surface area contributed by atoms with E-state index in [-0.39, 0.29) is 12.3 Å². The lowest BCUT2D eigenvalue weighted by atomic mass is 10.3. The Morgan fingerprint density at radius 3 is 3.00 bits per heavy atom. The molecular formula is C11H13FN4O. The summed E-state index contributed by atoms with van der Waals surface area (Å²) in [6.07, 6.45) is 4.10. The van der Waals surface area contributed by atoms with Crippen LogP contribution in [0.4, 0.5) is 10.2 Å². The van der Waals surface area contributed by atoms with Gasteiger partial charge in [-0.25, -0.2) is 14.4 Å². The van der Waals surface area contributed by atoms with Gasteiger partial charge in [0.2, 0.25) is 5.91 Å². The van der Waals surface area contributed by atoms with Crippen molar-refractivity contribution in [1.82, 2.24) is 10.3 Å². The highest BCUT2D eigenvalue weighted by Gasteiger charge is 1.98. The third-order valence-electron chi connectivity index (χ3n) is 1.85. The van der Waals surface area contributed by atoms with Gasteiger partial charge in [0, 0.05) is 19.0 Å². The molecule has 0 saturated heterocycles. The van der Waals surface area contributed by atoms with Crippen molar-refractivity contribution in [3.63, 3.8) is 0 Å². The Morgan fingerprint density at radius 2 is 2.41 bits per heavy atom. The molecule has 5 nitrogen and oxygen atoms in total. The second-order valence-corrected chi connectivity index (χ2v) is 3.20. The number of halogens is 1. The molecule has 0 spiro atoms. The Bertz CT molecular complexity index is 439. The van der Waals surface area contributed by atoms with Crippen molar-refractivity contribution >= 4 is 17.9 Å². The molecule has 3 N–H and O–H groups in total. The first-order valence-electron chi connectivity index (χ1n) is 4.92. The van der Waals surface area contributed by atoms with E-state index in [1.807, 2.05) is 0 Å². The van der Waals surface area contributed by atoms with Crippen molar-refractivity contribution in [2.45, 2.75) is 6.42 Å². The maximum absolute atomic E-state index is 12.5. The van der Waals surface area contributed by atoms with Crippen LogP contribution in [-0.4, -0.2) is 24.2 Å². The molecule has 90 valence electrons. The first kappa shape index (κ1) is 12.8. The quantitative estimate of drug-likeness (QED) is 0.762. The number of nitrogens with zero attached hydrogens (tertiary/aromatic N) is 2. The van der Waals surface area contributed by atoms with Gasteiger partial charge in [-0.1, -0.05) is 0 Å². The van der Waals surface area contributed by atoms with E-state index < -0.39 is 5.82 Å². The summed E-state index contributed by atoms with van der Waals surface area (Å²) in [6, 6.07) is 2.70. The monoisotopic (exact) mass is 236 g/mol. The average Bonchev–Trinajstić information content (AvgIpc) is 2.31. The molecule has 0 aromatic carbocycles. The smallest absolute Gasteiger partial charge is 0.225 e. The van der Waals surface area contributed by atoms with E-state index >= 15 is 0 Å². The number of aliphatic imine (C=N–C) groups is 1. The van der Waals surface area contributed by atoms with Crippen LogP contribution < -0.4 is 11.1 Å². The van der Waals surface area contributed by atoms with Gasteiger partial charge in [0.05, 0.1) is 12.6 Å². The van der Waals surface area contributed by atoms with E-state index in [9.17, 15) is 9.18 Å². The number of carbonyl (C=O) groups excluding carboxylic acids is 1. The standard InChI is InChI=1S/C11H13FN4O/c1-14-11(17)6-9(13)4-5-15-10-3-2-8(12)7-16-10/h2-5,7H,6,13H2,1H3,(H,14,17). The molecule has 0 bridgehead atoms. The number of carbonyl (C=O) groups is 1. The van der Waals surface area contributed by atoms with Crippen LogP contribution in [0.1, 0.15) is 6.42 Å². The molecule has 1 aromatic rings. The molecule has 0 unspecified atom stereocenters. The van der Waals surface area contributed by atoms with Crippen molar-refractivity contribution in [2.75, 3.05) is 7.05 Å². The molecule has 0 fully saturated rings. The van der Waals surface area contributed by atoms with Crippen LogP contribution >= 0.6 is 0 Å². The minimum Gasteiger partial charge on any atom is -0.402 e. The molecule has 0 atom stereocenters. The molecular weight excluding hydrogens is 223 g/mol. The summed E-state index contributed by atoms with van der Waals surface area (Å²) < 4.78 is 12.5. The number of aromatic nitrogens is 1. The molecule has 6 heteroatoms. The van der Waals surface area contributed by atoms with Crippen molar-refractivity contribution in [2.24, 2.45) is 10.7 Å². The van der Waals surface area contributed by atoms with E-state index in [0.29, 0.717) is 11.5 Å². The van der Waals surface area contributed by atoms with Gasteiger partial charge < -0.3 is 11.1 Å². The second-order valence-electron chi connectivity index (χ2n) is 3.20. The summed E-state index contributed by atoms with van der Waals surface area (Å²) in [5.41, 5.74) is 5.95. The Hall–Kier alpha value is -2.24. The molecule has 1 heterocycles. The highest BCUT2D eigenvalue weighted by Crippen LogP contribution is 2.06. The van der Waals surface area contributed by atoms with Gasteiger partial charge in [-0.05, 0) is 18.2 Å². The lowest BCUT2D eigenvalue weighted by Gasteiger charge is -1.97. The normalized spacial score (nSPS) is 11.8. The maximum atomic E-state index is 12.5. The molecule has 1 rings (SSSR count). The topological polar surface area (TPSA) is 80.4 Å². The lowest BCUT2D eigenvalue weighted by molar-refractivity contribution is -0.119. The zero-order chi connectivity index (χ0) is 12.7. The van der Waals surface area contributed by atoms with Gasteiger partial charge in [0.1, 0.15) is 5.82 Å². The first-order valence-corrected chi connectivity index (χ1v) is 4.92. The molecule has 17 heavy (non-hydrogen) atoms. The van der Waals surface area contributed by atoms with E-state index in [1.54, 1.807) is 0 Å². The summed E-state index contributed by atoms with van der Waals surface area (Å²) in [7, 11) is 1.53. The SMILES string of the molecule is CNC(=O)CC(N)=CC=Nc1ccc(F)cn1. The largest absolute Gasteiger partial charge is 0.402 e. The maximum Gasteiger partial charge on any atom is 0.225 e. The summed E-state index contributed by atoms with van der Waals surface area (Å²) >= 11 is 0. The summed E-state index contributed by atoms with van der Waals surface area (Å²) in [5.74, 6) is -0.221. The van der Waals surface area contributed by atoms with Gasteiger partial charge in [-0.15, -0.1) is 0 Å². The van der Waals surface area contributed by atoms with Gasteiger partial charge in [-0.2, -0.15) is 0 Å². The third-order valence-corrected chi connectivity index (χ3v) is 1.85. The van der Waals surface area contributed by atoms with Gasteiger partial charge in [0.15, 0.2) is 5.82 Å². The highest BCUT2D eigenvalue weighted by molar-refractivity contribution is 5.81. The third kappa shape index (κ3) is 4.87. The number of amides is 1. The van der Waals surface area contributed by atoms with E-state index in [1.165, 1.54) is 31.5 Å². The molecule has 0 saturated carbocycles. The highest BCUT2D eigenvalue weighted by atomic mass is 19.1. The van der Waals surface area contributed by atoms with Crippen LogP contribution in [0.5, 0.6) is 0 Å². The Balaban J connectivity index is 2.57. The van der Waals surface area contributed by atoms with Crippen LogP contribution in [-0.2, 0) is 4.79 Å². The molecule has 0 aliphatic carbocycles. The number of allylic oxidation sites excluding steroid dienone is 1. The molecule has 1 aromatic heterocycles. The van der Waals surface area contributed by atoms with Crippen molar-refractivity contribution in [1.29, 1.82) is 0 Å². The van der Waals surface area contributed by atoms with Crippen LogP contribution in [0.2, 0.25) is 0 Å². The second kappa shape index (κ2) is 6.37. The number of hydrogen-bond acceptors (Lipinski definition) is 4. The number of pyridine rings is 1. The van der Waals surface area contributed by atoms with Crippen LogP contribution in [0.15, 0.2) is 35.1 Å². The Labute approximate surface area is 98.3 Å². The minimum absolute atomic E-state index is 0.110. The molecule has 0 aliphatic rings. The molecule has 1 amide bonds. The van der Waals surface area contributed by atoms with Gasteiger partial charge >= 0.3 is 0 Å². The fourth-order valence-electron chi connectivity index (χ4n) is 0.986. The van der Waals surface area contributed by atoms with E-state index in [4.69, 9.17) is 5.73 Å². The summed E-state index contributed by atoms with van der Waals surface area (Å²) in [5, 5.41) is 2.45. The number of hydrogen-bond donors (Lipinski definition) is 2. The Kier molecular flexibility index (Phi) is 4.80. The van der Waals surface area contributed by atoms with E-state index in [0.717, 1.165) is 6.20 Å². The Morgan fingerprint density at radius 1 is 1.65 bits per heavy atom. The van der Waals surface area contributed by atoms with Crippen LogP contribution in [0, 0.1) is 5.82 Å². The molecule has 0 radical (unpaired) electrons. The average molecular weight is 236 g/mol. The fraction of sp³-hybridized carbons (Fsp3) is 0.182. The van der Waals surface area contributed by atoms with Gasteiger partial charge in [0.25, 0.3) is 0 Å².